The first-order valence-electron chi connectivity index (χ1n) is 13.3. The standard InChI is InChI=1S/C30H29FN4O4S3/c1-16(2)12-13-39-21-10-7-9-19(14-21)24-23(25(36)27-17(3)32-18(4)41-27)26(37)28(38)35(24)29-33-34-30(42-29)40-15-20-8-5-6-11-22(20)31/h5-11,14,16,24,37H,12-13,15H2,1-4H3. The van der Waals surface area contributed by atoms with Gasteiger partial charge in [0, 0.05) is 5.75 Å². The molecule has 1 unspecified atom stereocenters. The maximum absolute atomic E-state index is 14.1. The average Bonchev–Trinajstić information content (AvgIpc) is 3.63. The lowest BCUT2D eigenvalue weighted by Gasteiger charge is -2.24. The molecular weight excluding hydrogens is 596 g/mol. The number of carbonyl (C=O) groups excluding carboxylic acids is 2. The van der Waals surface area contributed by atoms with E-state index in [0.717, 1.165) is 17.8 Å². The number of benzene rings is 2. The Morgan fingerprint density at radius 1 is 1.14 bits per heavy atom. The molecular formula is C30H29FN4O4S3. The van der Waals surface area contributed by atoms with E-state index in [1.165, 1.54) is 34.1 Å². The van der Waals surface area contributed by atoms with E-state index in [1.807, 2.05) is 6.07 Å². The number of hydrogen-bond acceptors (Lipinski definition) is 10. The van der Waals surface area contributed by atoms with E-state index in [0.29, 0.717) is 55.1 Å². The molecule has 0 saturated heterocycles. The van der Waals surface area contributed by atoms with Crippen LogP contribution in [0.1, 0.15) is 57.8 Å². The van der Waals surface area contributed by atoms with E-state index in [-0.39, 0.29) is 16.5 Å². The predicted octanol–water partition coefficient (Wildman–Crippen LogP) is 7.25. The van der Waals surface area contributed by atoms with Crippen LogP contribution < -0.4 is 9.64 Å². The molecule has 1 amide bonds. The highest BCUT2D eigenvalue weighted by Crippen LogP contribution is 2.45. The first-order valence-corrected chi connectivity index (χ1v) is 15.9. The minimum atomic E-state index is -0.974. The van der Waals surface area contributed by atoms with Gasteiger partial charge >= 0.3 is 0 Å². The fourth-order valence-electron chi connectivity index (χ4n) is 4.51. The number of ether oxygens (including phenoxy) is 1. The monoisotopic (exact) mass is 624 g/mol. The second-order valence-electron chi connectivity index (χ2n) is 10.2. The van der Waals surface area contributed by atoms with Crippen molar-refractivity contribution in [3.63, 3.8) is 0 Å². The van der Waals surface area contributed by atoms with Gasteiger partial charge in [-0.15, -0.1) is 21.5 Å². The average molecular weight is 625 g/mol. The summed E-state index contributed by atoms with van der Waals surface area (Å²) in [6.45, 7) is 8.26. The fourth-order valence-corrected chi connectivity index (χ4v) is 7.24. The van der Waals surface area contributed by atoms with Crippen molar-refractivity contribution in [1.29, 1.82) is 0 Å². The molecule has 1 aliphatic rings. The maximum atomic E-state index is 14.1. The molecule has 0 aliphatic carbocycles. The van der Waals surface area contributed by atoms with Crippen molar-refractivity contribution in [2.75, 3.05) is 11.5 Å². The van der Waals surface area contributed by atoms with Crippen LogP contribution in [-0.4, -0.2) is 38.6 Å². The molecule has 0 fully saturated rings. The van der Waals surface area contributed by atoms with Crippen molar-refractivity contribution in [2.24, 2.45) is 5.92 Å². The summed E-state index contributed by atoms with van der Waals surface area (Å²) in [4.78, 5) is 33.5. The van der Waals surface area contributed by atoms with E-state index in [1.54, 1.807) is 50.2 Å². The SMILES string of the molecule is Cc1nc(C)c(C(=O)C2=C(O)C(=O)N(c3nnc(SCc4ccccc4F)s3)C2c2cccc(OCCC(C)C)c2)s1. The number of rotatable bonds is 11. The molecule has 0 spiro atoms. The highest BCUT2D eigenvalue weighted by atomic mass is 32.2. The van der Waals surface area contributed by atoms with Gasteiger partial charge in [0.1, 0.15) is 11.6 Å². The largest absolute Gasteiger partial charge is 0.503 e. The van der Waals surface area contributed by atoms with E-state index in [9.17, 15) is 19.1 Å². The zero-order chi connectivity index (χ0) is 30.0. The topological polar surface area (TPSA) is 106 Å². The molecule has 0 saturated carbocycles. The van der Waals surface area contributed by atoms with Crippen LogP contribution in [0, 0.1) is 25.6 Å². The minimum Gasteiger partial charge on any atom is -0.503 e. The zero-order valence-electron chi connectivity index (χ0n) is 23.5. The summed E-state index contributed by atoms with van der Waals surface area (Å²) in [6.07, 6.45) is 0.866. The molecule has 1 N–H and O–H groups in total. The number of hydrogen-bond donors (Lipinski definition) is 1. The summed E-state index contributed by atoms with van der Waals surface area (Å²) in [5.41, 5.74) is 1.57. The van der Waals surface area contributed by atoms with Crippen molar-refractivity contribution < 1.29 is 23.8 Å². The Kier molecular flexibility index (Phi) is 9.05. The van der Waals surface area contributed by atoms with Crippen LogP contribution in [0.4, 0.5) is 9.52 Å². The lowest BCUT2D eigenvalue weighted by molar-refractivity contribution is -0.117. The number of Topliss-reactive ketones (excluding diaryl/α,β-unsaturated/α-hetero) is 1. The Hall–Kier alpha value is -3.61. The second kappa shape index (κ2) is 12.7. The zero-order valence-corrected chi connectivity index (χ0v) is 25.9. The van der Waals surface area contributed by atoms with Gasteiger partial charge in [-0.1, -0.05) is 67.3 Å². The normalized spacial score (nSPS) is 15.2. The molecule has 2 aromatic heterocycles. The molecule has 12 heteroatoms. The van der Waals surface area contributed by atoms with E-state index >= 15 is 0 Å². The van der Waals surface area contributed by atoms with Crippen LogP contribution in [0.15, 0.2) is 64.2 Å². The number of halogens is 1. The van der Waals surface area contributed by atoms with E-state index in [2.05, 4.69) is 29.0 Å². The van der Waals surface area contributed by atoms with Crippen LogP contribution in [0.3, 0.4) is 0 Å². The van der Waals surface area contributed by atoms with Crippen LogP contribution in [0.5, 0.6) is 5.75 Å². The van der Waals surface area contributed by atoms with Gasteiger partial charge in [0.15, 0.2) is 10.1 Å². The van der Waals surface area contributed by atoms with Gasteiger partial charge in [0.25, 0.3) is 5.91 Å². The summed E-state index contributed by atoms with van der Waals surface area (Å²) >= 11 is 3.63. The van der Waals surface area contributed by atoms with Crippen molar-refractivity contribution in [2.45, 2.75) is 50.3 Å². The van der Waals surface area contributed by atoms with Crippen molar-refractivity contribution in [1.82, 2.24) is 15.2 Å². The van der Waals surface area contributed by atoms with Gasteiger partial charge in [0.2, 0.25) is 10.9 Å². The Morgan fingerprint density at radius 3 is 2.64 bits per heavy atom. The number of aliphatic hydroxyl groups excluding tert-OH is 1. The lowest BCUT2D eigenvalue weighted by Crippen LogP contribution is -2.31. The number of amides is 1. The highest BCUT2D eigenvalue weighted by molar-refractivity contribution is 8.00. The van der Waals surface area contributed by atoms with Crippen LogP contribution in [0.25, 0.3) is 0 Å². The van der Waals surface area contributed by atoms with Gasteiger partial charge < -0.3 is 9.84 Å². The molecule has 218 valence electrons. The number of aromatic nitrogens is 3. The third-order valence-corrected chi connectivity index (χ3v) is 9.79. The maximum Gasteiger partial charge on any atom is 0.296 e. The molecule has 5 rings (SSSR count). The number of aryl methyl sites for hydroxylation is 2. The van der Waals surface area contributed by atoms with E-state index in [4.69, 9.17) is 4.74 Å². The lowest BCUT2D eigenvalue weighted by atomic mass is 9.95. The van der Waals surface area contributed by atoms with Gasteiger partial charge in [-0.05, 0) is 55.5 Å². The first-order chi connectivity index (χ1) is 20.1. The number of anilines is 1. The molecule has 2 aromatic carbocycles. The van der Waals surface area contributed by atoms with Crippen molar-refractivity contribution in [3.05, 3.63) is 92.4 Å². The Bertz CT molecular complexity index is 1670. The molecule has 1 aliphatic heterocycles. The highest BCUT2D eigenvalue weighted by Gasteiger charge is 2.46. The molecule has 4 aromatic rings. The Labute approximate surface area is 255 Å². The molecule has 0 radical (unpaired) electrons. The Morgan fingerprint density at radius 2 is 1.93 bits per heavy atom. The molecule has 3 heterocycles. The van der Waals surface area contributed by atoms with Gasteiger partial charge in [-0.3, -0.25) is 14.5 Å². The van der Waals surface area contributed by atoms with Crippen LogP contribution >= 0.6 is 34.4 Å². The van der Waals surface area contributed by atoms with Gasteiger partial charge in [-0.2, -0.15) is 0 Å². The summed E-state index contributed by atoms with van der Waals surface area (Å²) in [5.74, 6) is -0.804. The number of nitrogens with zero attached hydrogens (tertiary/aromatic N) is 4. The number of thioether (sulfide) groups is 1. The predicted molar refractivity (Wildman–Crippen MR) is 163 cm³/mol. The third kappa shape index (κ3) is 6.25. The van der Waals surface area contributed by atoms with Crippen molar-refractivity contribution in [3.8, 4) is 5.75 Å². The first kappa shape index (κ1) is 29.9. The molecule has 1 atom stereocenters. The number of carbonyl (C=O) groups is 2. The summed E-state index contributed by atoms with van der Waals surface area (Å²) in [6, 6.07) is 12.7. The summed E-state index contributed by atoms with van der Waals surface area (Å²) in [7, 11) is 0. The van der Waals surface area contributed by atoms with Crippen molar-refractivity contribution >= 4 is 51.3 Å². The molecule has 0 bridgehead atoms. The number of ketones is 1. The minimum absolute atomic E-state index is 0.0539. The smallest absolute Gasteiger partial charge is 0.296 e. The Balaban J connectivity index is 1.51. The third-order valence-electron chi connectivity index (χ3n) is 6.61. The van der Waals surface area contributed by atoms with Gasteiger partial charge in [0.05, 0.1) is 33.8 Å². The number of thiazole rings is 1. The van der Waals surface area contributed by atoms with Crippen LogP contribution in [0.2, 0.25) is 0 Å². The number of aliphatic hydroxyl groups is 1. The fraction of sp³-hybridized carbons (Fsp3) is 0.300. The van der Waals surface area contributed by atoms with Gasteiger partial charge in [-0.25, -0.2) is 9.37 Å². The second-order valence-corrected chi connectivity index (χ2v) is 13.5. The summed E-state index contributed by atoms with van der Waals surface area (Å²) in [5, 5.41) is 20.5. The molecule has 42 heavy (non-hydrogen) atoms. The summed E-state index contributed by atoms with van der Waals surface area (Å²) < 4.78 is 20.6. The van der Waals surface area contributed by atoms with E-state index < -0.39 is 23.5 Å². The van der Waals surface area contributed by atoms with Crippen LogP contribution in [-0.2, 0) is 10.5 Å². The molecule has 8 nitrogen and oxygen atoms in total. The quantitative estimate of drug-likeness (QED) is 0.106.